The van der Waals surface area contributed by atoms with Crippen LogP contribution in [0.25, 0.3) is 0 Å². The molecule has 0 N–H and O–H groups in total. The van der Waals surface area contributed by atoms with Crippen LogP contribution in [0.1, 0.15) is 77.6 Å². The Balaban J connectivity index is 1.67. The summed E-state index contributed by atoms with van der Waals surface area (Å²) < 4.78 is 11.5. The lowest BCUT2D eigenvalue weighted by atomic mass is 9.78. The molecule has 0 aromatic carbocycles. The highest BCUT2D eigenvalue weighted by atomic mass is 16.5. The van der Waals surface area contributed by atoms with E-state index in [-0.39, 0.29) is 11.5 Å². The van der Waals surface area contributed by atoms with Crippen LogP contribution in [0.15, 0.2) is 0 Å². The molecule has 0 saturated carbocycles. The maximum absolute atomic E-state index is 12.4. The molecule has 1 atom stereocenters. The van der Waals surface area contributed by atoms with Crippen molar-refractivity contribution in [1.29, 1.82) is 0 Å². The smallest absolute Gasteiger partial charge is 0.136 e. The van der Waals surface area contributed by atoms with Gasteiger partial charge in [0.05, 0.1) is 5.60 Å². The van der Waals surface area contributed by atoms with E-state index < -0.39 is 0 Å². The Labute approximate surface area is 129 Å². The van der Waals surface area contributed by atoms with Crippen LogP contribution in [-0.2, 0) is 14.3 Å². The minimum Gasteiger partial charge on any atom is -0.381 e. The SMILES string of the molecule is CCCCCCCCC(=O)C1CCOC2(CCOCC2)C1. The molecule has 3 heteroatoms. The van der Waals surface area contributed by atoms with Gasteiger partial charge in [-0.25, -0.2) is 0 Å². The van der Waals surface area contributed by atoms with Crippen LogP contribution < -0.4 is 0 Å². The molecule has 2 saturated heterocycles. The van der Waals surface area contributed by atoms with Gasteiger partial charge >= 0.3 is 0 Å². The van der Waals surface area contributed by atoms with Crippen molar-refractivity contribution in [3.05, 3.63) is 0 Å². The van der Waals surface area contributed by atoms with Crippen molar-refractivity contribution in [2.75, 3.05) is 19.8 Å². The van der Waals surface area contributed by atoms with Crippen LogP contribution in [0.4, 0.5) is 0 Å². The van der Waals surface area contributed by atoms with Gasteiger partial charge in [0.1, 0.15) is 5.78 Å². The van der Waals surface area contributed by atoms with E-state index in [9.17, 15) is 4.79 Å². The van der Waals surface area contributed by atoms with Crippen molar-refractivity contribution in [2.45, 2.75) is 83.2 Å². The first-order chi connectivity index (χ1) is 10.3. The highest BCUT2D eigenvalue weighted by molar-refractivity contribution is 5.81. The Morgan fingerprint density at radius 3 is 2.52 bits per heavy atom. The third-order valence-electron chi connectivity index (χ3n) is 5.13. The molecule has 2 rings (SSSR count). The van der Waals surface area contributed by atoms with Gasteiger partial charge in [-0.15, -0.1) is 0 Å². The second-order valence-corrected chi connectivity index (χ2v) is 6.82. The van der Waals surface area contributed by atoms with Crippen LogP contribution >= 0.6 is 0 Å². The lowest BCUT2D eigenvalue weighted by molar-refractivity contribution is -0.157. The zero-order valence-corrected chi connectivity index (χ0v) is 13.7. The largest absolute Gasteiger partial charge is 0.381 e. The Morgan fingerprint density at radius 1 is 1.05 bits per heavy atom. The predicted octanol–water partition coefficient (Wildman–Crippen LogP) is 4.28. The first-order valence-corrected chi connectivity index (χ1v) is 9.00. The number of unbranched alkanes of at least 4 members (excludes halogenated alkanes) is 5. The molecular formula is C18H32O3. The average molecular weight is 296 g/mol. The second kappa shape index (κ2) is 8.89. The molecule has 1 unspecified atom stereocenters. The summed E-state index contributed by atoms with van der Waals surface area (Å²) in [5, 5.41) is 0. The van der Waals surface area contributed by atoms with Crippen LogP contribution in [0, 0.1) is 5.92 Å². The summed E-state index contributed by atoms with van der Waals surface area (Å²) in [7, 11) is 0. The Morgan fingerprint density at radius 2 is 1.76 bits per heavy atom. The van der Waals surface area contributed by atoms with Crippen molar-refractivity contribution in [2.24, 2.45) is 5.92 Å². The molecule has 2 aliphatic heterocycles. The number of Topliss-reactive ketones (excluding diaryl/α,β-unsaturated/α-hetero) is 1. The Hall–Kier alpha value is -0.410. The monoisotopic (exact) mass is 296 g/mol. The third kappa shape index (κ3) is 5.37. The summed E-state index contributed by atoms with van der Waals surface area (Å²) in [6, 6.07) is 0. The van der Waals surface area contributed by atoms with Gasteiger partial charge in [-0.05, 0) is 32.1 Å². The van der Waals surface area contributed by atoms with Crippen LogP contribution in [0.2, 0.25) is 0 Å². The highest BCUT2D eigenvalue weighted by Gasteiger charge is 2.40. The number of carbonyl (C=O) groups excluding carboxylic acids is 1. The van der Waals surface area contributed by atoms with Gasteiger partial charge in [0.25, 0.3) is 0 Å². The van der Waals surface area contributed by atoms with Crippen LogP contribution in [0.5, 0.6) is 0 Å². The van der Waals surface area contributed by atoms with Crippen molar-refractivity contribution in [3.63, 3.8) is 0 Å². The van der Waals surface area contributed by atoms with E-state index in [0.29, 0.717) is 5.78 Å². The fourth-order valence-electron chi connectivity index (χ4n) is 3.68. The minimum absolute atomic E-state index is 0.0437. The molecule has 3 nitrogen and oxygen atoms in total. The molecule has 1 spiro atoms. The highest BCUT2D eigenvalue weighted by Crippen LogP contribution is 2.37. The summed E-state index contributed by atoms with van der Waals surface area (Å²) in [5.74, 6) is 0.729. The molecular weight excluding hydrogens is 264 g/mol. The molecule has 122 valence electrons. The molecule has 21 heavy (non-hydrogen) atoms. The van der Waals surface area contributed by atoms with Crippen molar-refractivity contribution in [1.82, 2.24) is 0 Å². The van der Waals surface area contributed by atoms with Gasteiger partial charge in [-0.2, -0.15) is 0 Å². The quantitative estimate of drug-likeness (QED) is 0.627. The molecule has 0 radical (unpaired) electrons. The standard InChI is InChI=1S/C18H32O3/c1-2-3-4-5-6-7-8-17(19)16-9-12-21-18(15-16)10-13-20-14-11-18/h16H,2-15H2,1H3. The number of carbonyl (C=O) groups is 1. The summed E-state index contributed by atoms with van der Waals surface area (Å²) in [6.07, 6.45) is 12.1. The van der Waals surface area contributed by atoms with Gasteiger partial charge in [-0.3, -0.25) is 4.79 Å². The number of hydrogen-bond acceptors (Lipinski definition) is 3. The fraction of sp³-hybridized carbons (Fsp3) is 0.944. The molecule has 2 fully saturated rings. The Bertz CT molecular complexity index is 302. The maximum Gasteiger partial charge on any atom is 0.136 e. The van der Waals surface area contributed by atoms with Crippen molar-refractivity contribution < 1.29 is 14.3 Å². The van der Waals surface area contributed by atoms with Crippen LogP contribution in [-0.4, -0.2) is 31.2 Å². The van der Waals surface area contributed by atoms with Gasteiger partial charge in [0, 0.05) is 32.2 Å². The fourth-order valence-corrected chi connectivity index (χ4v) is 3.68. The molecule has 2 aliphatic rings. The molecule has 2 heterocycles. The van der Waals surface area contributed by atoms with E-state index >= 15 is 0 Å². The third-order valence-corrected chi connectivity index (χ3v) is 5.13. The van der Waals surface area contributed by atoms with Gasteiger partial charge < -0.3 is 9.47 Å². The molecule has 0 aromatic heterocycles. The number of rotatable bonds is 8. The van der Waals surface area contributed by atoms with Gasteiger partial charge in [0.2, 0.25) is 0 Å². The van der Waals surface area contributed by atoms with Gasteiger partial charge in [0.15, 0.2) is 0 Å². The van der Waals surface area contributed by atoms with E-state index in [0.717, 1.165) is 58.3 Å². The Kier molecular flexibility index (Phi) is 7.18. The zero-order chi connectivity index (χ0) is 15.0. The summed E-state index contributed by atoms with van der Waals surface area (Å²) >= 11 is 0. The summed E-state index contributed by atoms with van der Waals surface area (Å²) in [4.78, 5) is 12.4. The zero-order valence-electron chi connectivity index (χ0n) is 13.7. The molecule has 0 aromatic rings. The second-order valence-electron chi connectivity index (χ2n) is 6.82. The van der Waals surface area contributed by atoms with E-state index in [1.165, 1.54) is 32.1 Å². The maximum atomic E-state index is 12.4. The summed E-state index contributed by atoms with van der Waals surface area (Å²) in [5.41, 5.74) is -0.0437. The number of hydrogen-bond donors (Lipinski definition) is 0. The topological polar surface area (TPSA) is 35.5 Å². The van der Waals surface area contributed by atoms with E-state index in [4.69, 9.17) is 9.47 Å². The van der Waals surface area contributed by atoms with E-state index in [1.54, 1.807) is 0 Å². The van der Waals surface area contributed by atoms with Crippen molar-refractivity contribution >= 4 is 5.78 Å². The molecule has 0 aliphatic carbocycles. The number of ether oxygens (including phenoxy) is 2. The lowest BCUT2D eigenvalue weighted by Crippen LogP contribution is -2.45. The average Bonchev–Trinajstić information content (AvgIpc) is 2.51. The van der Waals surface area contributed by atoms with Crippen LogP contribution in [0.3, 0.4) is 0 Å². The lowest BCUT2D eigenvalue weighted by Gasteiger charge is -2.43. The minimum atomic E-state index is -0.0437. The summed E-state index contributed by atoms with van der Waals surface area (Å²) in [6.45, 7) is 4.57. The predicted molar refractivity (Wildman–Crippen MR) is 84.5 cm³/mol. The normalized spacial score (nSPS) is 25.1. The van der Waals surface area contributed by atoms with Gasteiger partial charge in [-0.1, -0.05) is 39.0 Å². The molecule has 0 amide bonds. The number of ketones is 1. The van der Waals surface area contributed by atoms with E-state index in [1.807, 2.05) is 0 Å². The first kappa shape index (κ1) is 17.0. The molecule has 0 bridgehead atoms. The van der Waals surface area contributed by atoms with Crippen molar-refractivity contribution in [3.8, 4) is 0 Å². The first-order valence-electron chi connectivity index (χ1n) is 9.00. The van der Waals surface area contributed by atoms with E-state index in [2.05, 4.69) is 6.92 Å².